The van der Waals surface area contributed by atoms with Gasteiger partial charge in [0.2, 0.25) is 0 Å². The van der Waals surface area contributed by atoms with Crippen molar-refractivity contribution in [3.63, 3.8) is 0 Å². The summed E-state index contributed by atoms with van der Waals surface area (Å²) >= 11 is 0.754. The van der Waals surface area contributed by atoms with Crippen LogP contribution >= 0.6 is 11.3 Å². The maximum Gasteiger partial charge on any atom is 0.342 e. The molecule has 3 aromatic rings. The molecule has 0 atom stereocenters. The Kier molecular flexibility index (Phi) is 4.68. The Morgan fingerprint density at radius 1 is 1.23 bits per heavy atom. The zero-order valence-corrected chi connectivity index (χ0v) is 14.3. The van der Waals surface area contributed by atoms with Gasteiger partial charge in [0.1, 0.15) is 22.6 Å². The largest absolute Gasteiger partial charge is 0.466 e. The van der Waals surface area contributed by atoms with Crippen molar-refractivity contribution in [2.45, 2.75) is 13.8 Å². The molecule has 3 rings (SSSR count). The predicted octanol–water partition coefficient (Wildman–Crippen LogP) is 3.72. The number of furan rings is 1. The van der Waals surface area contributed by atoms with Crippen LogP contribution in [0.3, 0.4) is 0 Å². The highest BCUT2D eigenvalue weighted by atomic mass is 32.1. The summed E-state index contributed by atoms with van der Waals surface area (Å²) < 4.78 is 50.1. The number of anilines is 1. The van der Waals surface area contributed by atoms with E-state index < -0.39 is 41.5 Å². The standard InChI is InChI=1S/C16H11F3N2O4S/c1-6-3-8(7(2)25-6)15(23)24-5-11(22)20-16-21-14-10(26-16)4-9(17)12(18)13(14)19/h3-4H,5H2,1-2H3,(H,20,21,22). The minimum atomic E-state index is -1.64. The first-order chi connectivity index (χ1) is 12.3. The Balaban J connectivity index is 1.67. The normalized spacial score (nSPS) is 11.0. The number of nitrogens with zero attached hydrogens (tertiary/aromatic N) is 1. The Morgan fingerprint density at radius 3 is 2.62 bits per heavy atom. The maximum atomic E-state index is 13.6. The molecular formula is C16H11F3N2O4S. The molecule has 2 heterocycles. The van der Waals surface area contributed by atoms with Crippen molar-refractivity contribution in [3.05, 3.63) is 46.7 Å². The lowest BCUT2D eigenvalue weighted by molar-refractivity contribution is -0.119. The van der Waals surface area contributed by atoms with Crippen LogP contribution in [0.2, 0.25) is 0 Å². The van der Waals surface area contributed by atoms with E-state index >= 15 is 0 Å². The summed E-state index contributed by atoms with van der Waals surface area (Å²) in [5, 5.41) is 2.20. The van der Waals surface area contributed by atoms with Crippen LogP contribution in [0.5, 0.6) is 0 Å². The molecule has 1 N–H and O–H groups in total. The third-order valence-corrected chi connectivity index (χ3v) is 4.28. The summed E-state index contributed by atoms with van der Waals surface area (Å²) in [5.74, 6) is -5.02. The molecular weight excluding hydrogens is 373 g/mol. The number of hydrogen-bond donors (Lipinski definition) is 1. The van der Waals surface area contributed by atoms with Crippen molar-refractivity contribution in [2.24, 2.45) is 0 Å². The number of rotatable bonds is 4. The molecule has 0 aliphatic carbocycles. The SMILES string of the molecule is Cc1cc(C(=O)OCC(=O)Nc2nc3c(F)c(F)c(F)cc3s2)c(C)o1. The van der Waals surface area contributed by atoms with Gasteiger partial charge in [-0.25, -0.2) is 22.9 Å². The monoisotopic (exact) mass is 384 g/mol. The fourth-order valence-corrected chi connectivity index (χ4v) is 3.13. The highest BCUT2D eigenvalue weighted by Crippen LogP contribution is 2.30. The molecule has 0 aliphatic rings. The molecule has 6 nitrogen and oxygen atoms in total. The number of ether oxygens (including phenoxy) is 1. The van der Waals surface area contributed by atoms with Crippen LogP contribution in [0.1, 0.15) is 21.9 Å². The molecule has 0 saturated carbocycles. The quantitative estimate of drug-likeness (QED) is 0.548. The van der Waals surface area contributed by atoms with Gasteiger partial charge in [-0.15, -0.1) is 0 Å². The van der Waals surface area contributed by atoms with Gasteiger partial charge in [-0.3, -0.25) is 10.1 Å². The Bertz CT molecular complexity index is 1030. The molecule has 0 aliphatic heterocycles. The van der Waals surface area contributed by atoms with Crippen molar-refractivity contribution in [1.29, 1.82) is 0 Å². The topological polar surface area (TPSA) is 81.4 Å². The van der Waals surface area contributed by atoms with Crippen molar-refractivity contribution < 1.29 is 31.9 Å². The van der Waals surface area contributed by atoms with Gasteiger partial charge in [-0.1, -0.05) is 11.3 Å². The summed E-state index contributed by atoms with van der Waals surface area (Å²) in [6.45, 7) is 2.62. The fraction of sp³-hybridized carbons (Fsp3) is 0.188. The number of nitrogens with one attached hydrogen (secondary N) is 1. The van der Waals surface area contributed by atoms with Gasteiger partial charge in [-0.05, 0) is 26.0 Å². The van der Waals surface area contributed by atoms with Crippen LogP contribution in [-0.4, -0.2) is 23.5 Å². The third-order valence-electron chi connectivity index (χ3n) is 3.36. The van der Waals surface area contributed by atoms with Gasteiger partial charge in [0.05, 0.1) is 4.70 Å². The first-order valence-electron chi connectivity index (χ1n) is 7.24. The second-order valence-electron chi connectivity index (χ2n) is 5.30. The van der Waals surface area contributed by atoms with E-state index in [1.165, 1.54) is 6.07 Å². The van der Waals surface area contributed by atoms with Gasteiger partial charge < -0.3 is 9.15 Å². The number of halogens is 3. The summed E-state index contributed by atoms with van der Waals surface area (Å²) in [5.41, 5.74) is -0.200. The maximum absolute atomic E-state index is 13.6. The molecule has 136 valence electrons. The average molecular weight is 384 g/mol. The number of benzene rings is 1. The molecule has 1 amide bonds. The van der Waals surface area contributed by atoms with E-state index in [4.69, 9.17) is 9.15 Å². The zero-order chi connectivity index (χ0) is 19.0. The lowest BCUT2D eigenvalue weighted by Gasteiger charge is -2.03. The van der Waals surface area contributed by atoms with Crippen molar-refractivity contribution in [3.8, 4) is 0 Å². The van der Waals surface area contributed by atoms with Crippen LogP contribution < -0.4 is 5.32 Å². The number of carbonyl (C=O) groups is 2. The Hall–Kier alpha value is -2.88. The summed E-state index contributed by atoms with van der Waals surface area (Å²) in [7, 11) is 0. The predicted molar refractivity (Wildman–Crippen MR) is 86.6 cm³/mol. The zero-order valence-electron chi connectivity index (χ0n) is 13.5. The molecule has 0 unspecified atom stereocenters. The van der Waals surface area contributed by atoms with E-state index in [0.717, 1.165) is 17.4 Å². The lowest BCUT2D eigenvalue weighted by Crippen LogP contribution is -2.20. The van der Waals surface area contributed by atoms with E-state index in [2.05, 4.69) is 10.3 Å². The molecule has 1 aromatic carbocycles. The molecule has 26 heavy (non-hydrogen) atoms. The second-order valence-corrected chi connectivity index (χ2v) is 6.33. The summed E-state index contributed by atoms with van der Waals surface area (Å²) in [6, 6.07) is 2.26. The van der Waals surface area contributed by atoms with E-state index in [1.54, 1.807) is 13.8 Å². The number of thiazole rings is 1. The Labute approximate surface area is 148 Å². The molecule has 0 saturated heterocycles. The number of hydrogen-bond acceptors (Lipinski definition) is 6. The van der Waals surface area contributed by atoms with Gasteiger partial charge in [-0.2, -0.15) is 0 Å². The van der Waals surface area contributed by atoms with Crippen LogP contribution in [-0.2, 0) is 9.53 Å². The minimum Gasteiger partial charge on any atom is -0.466 e. The van der Waals surface area contributed by atoms with Crippen LogP contribution in [0.4, 0.5) is 18.3 Å². The van der Waals surface area contributed by atoms with Gasteiger partial charge in [0, 0.05) is 0 Å². The molecule has 0 radical (unpaired) electrons. The van der Waals surface area contributed by atoms with Gasteiger partial charge in [0.25, 0.3) is 5.91 Å². The number of aryl methyl sites for hydroxylation is 2. The molecule has 0 bridgehead atoms. The first kappa shape index (κ1) is 17.9. The Morgan fingerprint density at radius 2 is 1.96 bits per heavy atom. The number of fused-ring (bicyclic) bond motifs is 1. The van der Waals surface area contributed by atoms with Crippen molar-refractivity contribution in [2.75, 3.05) is 11.9 Å². The van der Waals surface area contributed by atoms with Crippen molar-refractivity contribution >= 4 is 38.6 Å². The minimum absolute atomic E-state index is 0.0261. The number of esters is 1. The van der Waals surface area contributed by atoms with E-state index in [-0.39, 0.29) is 15.4 Å². The fourth-order valence-electron chi connectivity index (χ4n) is 2.23. The molecule has 2 aromatic heterocycles. The van der Waals surface area contributed by atoms with Crippen LogP contribution in [0, 0.1) is 31.3 Å². The van der Waals surface area contributed by atoms with E-state index in [9.17, 15) is 22.8 Å². The third kappa shape index (κ3) is 3.40. The lowest BCUT2D eigenvalue weighted by atomic mass is 10.2. The van der Waals surface area contributed by atoms with E-state index in [1.807, 2.05) is 0 Å². The smallest absolute Gasteiger partial charge is 0.342 e. The number of amides is 1. The highest BCUT2D eigenvalue weighted by Gasteiger charge is 2.19. The molecule has 0 fully saturated rings. The van der Waals surface area contributed by atoms with Crippen molar-refractivity contribution in [1.82, 2.24) is 4.98 Å². The van der Waals surface area contributed by atoms with Crippen LogP contribution in [0.25, 0.3) is 10.2 Å². The number of aromatic nitrogens is 1. The second kappa shape index (κ2) is 6.79. The number of carbonyl (C=O) groups excluding carboxylic acids is 2. The molecule has 10 heteroatoms. The summed E-state index contributed by atoms with van der Waals surface area (Å²) in [4.78, 5) is 27.4. The van der Waals surface area contributed by atoms with Crippen LogP contribution in [0.15, 0.2) is 16.5 Å². The van der Waals surface area contributed by atoms with Gasteiger partial charge in [0.15, 0.2) is 29.2 Å². The molecule has 0 spiro atoms. The average Bonchev–Trinajstić information content (AvgIpc) is 3.13. The van der Waals surface area contributed by atoms with Gasteiger partial charge >= 0.3 is 5.97 Å². The summed E-state index contributed by atoms with van der Waals surface area (Å²) in [6.07, 6.45) is 0. The highest BCUT2D eigenvalue weighted by molar-refractivity contribution is 7.22. The van der Waals surface area contributed by atoms with E-state index in [0.29, 0.717) is 11.5 Å². The first-order valence-corrected chi connectivity index (χ1v) is 8.06.